The maximum absolute atomic E-state index is 6.01. The predicted octanol–water partition coefficient (Wildman–Crippen LogP) is 0.909. The summed E-state index contributed by atoms with van der Waals surface area (Å²) in [5, 5.41) is 0. The molecule has 0 amide bonds. The van der Waals surface area contributed by atoms with Crippen LogP contribution in [0.5, 0.6) is 0 Å². The van der Waals surface area contributed by atoms with Gasteiger partial charge in [-0.3, -0.25) is 4.90 Å². The Kier molecular flexibility index (Phi) is 4.64. The maximum Gasteiger partial charge on any atom is 0.0703 e. The first kappa shape index (κ1) is 14.3. The van der Waals surface area contributed by atoms with E-state index in [1.807, 2.05) is 0 Å². The van der Waals surface area contributed by atoms with Gasteiger partial charge >= 0.3 is 0 Å². The third kappa shape index (κ3) is 3.23. The van der Waals surface area contributed by atoms with E-state index >= 15 is 0 Å². The smallest absolute Gasteiger partial charge is 0.0703 e. The molecule has 0 bridgehead atoms. The summed E-state index contributed by atoms with van der Waals surface area (Å²) >= 11 is 0. The highest BCUT2D eigenvalue weighted by atomic mass is 16.5. The lowest BCUT2D eigenvalue weighted by atomic mass is 9.96. The van der Waals surface area contributed by atoms with Crippen molar-refractivity contribution in [2.45, 2.75) is 50.8 Å². The Balaban J connectivity index is 2.08. The maximum atomic E-state index is 6.01. The summed E-state index contributed by atoms with van der Waals surface area (Å²) in [5.74, 6) is 0. The minimum atomic E-state index is 0.223. The minimum absolute atomic E-state index is 0.223. The molecule has 4 nitrogen and oxygen atoms in total. The third-order valence-electron chi connectivity index (χ3n) is 4.54. The molecule has 4 heteroatoms. The minimum Gasteiger partial charge on any atom is -0.377 e. The zero-order valence-corrected chi connectivity index (χ0v) is 12.2. The Morgan fingerprint density at radius 2 is 2.17 bits per heavy atom. The van der Waals surface area contributed by atoms with Gasteiger partial charge in [-0.15, -0.1) is 0 Å². The molecule has 2 atom stereocenters. The molecule has 2 unspecified atom stereocenters. The Bertz CT molecular complexity index is 264. The molecule has 2 saturated heterocycles. The van der Waals surface area contributed by atoms with E-state index in [0.717, 1.165) is 32.8 Å². The van der Waals surface area contributed by atoms with Gasteiger partial charge in [-0.1, -0.05) is 0 Å². The molecule has 0 radical (unpaired) electrons. The molecule has 0 aromatic carbocycles. The molecule has 2 N–H and O–H groups in total. The van der Waals surface area contributed by atoms with Crippen LogP contribution in [-0.4, -0.2) is 67.3 Å². The second-order valence-corrected chi connectivity index (χ2v) is 6.50. The largest absolute Gasteiger partial charge is 0.377 e. The number of ether oxygens (including phenoxy) is 1. The van der Waals surface area contributed by atoms with Crippen LogP contribution < -0.4 is 5.73 Å². The molecule has 2 rings (SSSR count). The van der Waals surface area contributed by atoms with Crippen molar-refractivity contribution in [2.75, 3.05) is 39.8 Å². The van der Waals surface area contributed by atoms with Crippen molar-refractivity contribution >= 4 is 0 Å². The van der Waals surface area contributed by atoms with Gasteiger partial charge in [0.15, 0.2) is 0 Å². The van der Waals surface area contributed by atoms with Crippen LogP contribution >= 0.6 is 0 Å². The van der Waals surface area contributed by atoms with Crippen LogP contribution in [0.4, 0.5) is 0 Å². The number of hydrogen-bond donors (Lipinski definition) is 1. The van der Waals surface area contributed by atoms with Gasteiger partial charge in [0.2, 0.25) is 0 Å². The molecular weight excluding hydrogens is 226 g/mol. The van der Waals surface area contributed by atoms with Gasteiger partial charge in [-0.25, -0.2) is 0 Å². The van der Waals surface area contributed by atoms with Crippen LogP contribution in [0.2, 0.25) is 0 Å². The molecule has 0 spiro atoms. The number of nitrogens with two attached hydrogens (primary N) is 1. The van der Waals surface area contributed by atoms with E-state index < -0.39 is 0 Å². The molecule has 2 aliphatic heterocycles. The highest BCUT2D eigenvalue weighted by molar-refractivity contribution is 4.93. The summed E-state index contributed by atoms with van der Waals surface area (Å²) < 4.78 is 5.81. The fourth-order valence-corrected chi connectivity index (χ4v) is 3.26. The van der Waals surface area contributed by atoms with Crippen molar-refractivity contribution < 1.29 is 4.74 Å². The lowest BCUT2D eigenvalue weighted by Crippen LogP contribution is -2.55. The summed E-state index contributed by atoms with van der Waals surface area (Å²) in [6.45, 7) is 9.65. The van der Waals surface area contributed by atoms with Crippen molar-refractivity contribution in [2.24, 2.45) is 5.73 Å². The molecular formula is C14H29N3O. The van der Waals surface area contributed by atoms with Gasteiger partial charge in [0.25, 0.3) is 0 Å². The monoisotopic (exact) mass is 255 g/mol. The van der Waals surface area contributed by atoms with E-state index in [4.69, 9.17) is 10.5 Å². The fourth-order valence-electron chi connectivity index (χ4n) is 3.26. The van der Waals surface area contributed by atoms with Gasteiger partial charge in [0, 0.05) is 37.8 Å². The van der Waals surface area contributed by atoms with Crippen LogP contribution in [0.15, 0.2) is 0 Å². The lowest BCUT2D eigenvalue weighted by Gasteiger charge is -2.42. The third-order valence-corrected chi connectivity index (χ3v) is 4.54. The van der Waals surface area contributed by atoms with E-state index in [9.17, 15) is 0 Å². The molecule has 2 aliphatic rings. The summed E-state index contributed by atoms with van der Waals surface area (Å²) in [6, 6.07) is 0.455. The first-order valence-electron chi connectivity index (χ1n) is 7.30. The van der Waals surface area contributed by atoms with Gasteiger partial charge in [-0.2, -0.15) is 0 Å². The standard InChI is InChI=1S/C14H29N3O/c1-14(2)6-7-16(3)10-12(9-15)17(14)11-13-5-4-8-18-13/h12-13H,4-11,15H2,1-3H3. The Labute approximate surface area is 111 Å². The summed E-state index contributed by atoms with van der Waals surface area (Å²) in [6.07, 6.45) is 4.04. The lowest BCUT2D eigenvalue weighted by molar-refractivity contribution is 0.0108. The molecule has 0 aromatic rings. The van der Waals surface area contributed by atoms with Gasteiger partial charge < -0.3 is 15.4 Å². The van der Waals surface area contributed by atoms with Crippen molar-refractivity contribution in [3.63, 3.8) is 0 Å². The van der Waals surface area contributed by atoms with Crippen molar-refractivity contribution in [1.82, 2.24) is 9.80 Å². The van der Waals surface area contributed by atoms with Crippen molar-refractivity contribution in [3.8, 4) is 0 Å². The van der Waals surface area contributed by atoms with Crippen molar-refractivity contribution in [3.05, 3.63) is 0 Å². The highest BCUT2D eigenvalue weighted by Crippen LogP contribution is 2.27. The molecule has 106 valence electrons. The van der Waals surface area contributed by atoms with Gasteiger partial charge in [0.05, 0.1) is 6.10 Å². The molecule has 2 fully saturated rings. The first-order chi connectivity index (χ1) is 8.53. The van der Waals surface area contributed by atoms with Gasteiger partial charge in [-0.05, 0) is 46.7 Å². The SMILES string of the molecule is CN1CCC(C)(C)N(CC2CCCO2)C(CN)C1. The molecule has 18 heavy (non-hydrogen) atoms. The topological polar surface area (TPSA) is 41.7 Å². The van der Waals surface area contributed by atoms with Crippen LogP contribution in [0, 0.1) is 0 Å². The summed E-state index contributed by atoms with van der Waals surface area (Å²) in [5.41, 5.74) is 6.23. The van der Waals surface area contributed by atoms with E-state index in [2.05, 4.69) is 30.7 Å². The van der Waals surface area contributed by atoms with E-state index in [-0.39, 0.29) is 5.54 Å². The van der Waals surface area contributed by atoms with Crippen LogP contribution in [0.1, 0.15) is 33.1 Å². The van der Waals surface area contributed by atoms with E-state index in [1.165, 1.54) is 19.3 Å². The van der Waals surface area contributed by atoms with Crippen LogP contribution in [0.25, 0.3) is 0 Å². The number of nitrogens with zero attached hydrogens (tertiary/aromatic N) is 2. The molecule has 2 heterocycles. The zero-order chi connectivity index (χ0) is 13.2. The Morgan fingerprint density at radius 1 is 1.39 bits per heavy atom. The number of hydrogen-bond acceptors (Lipinski definition) is 4. The quantitative estimate of drug-likeness (QED) is 0.814. The highest BCUT2D eigenvalue weighted by Gasteiger charge is 2.37. The average molecular weight is 255 g/mol. The average Bonchev–Trinajstić information content (AvgIpc) is 2.80. The zero-order valence-electron chi connectivity index (χ0n) is 12.2. The fraction of sp³-hybridized carbons (Fsp3) is 1.00. The van der Waals surface area contributed by atoms with E-state index in [1.54, 1.807) is 0 Å². The number of rotatable bonds is 3. The first-order valence-corrected chi connectivity index (χ1v) is 7.30. The van der Waals surface area contributed by atoms with E-state index in [0.29, 0.717) is 12.1 Å². The predicted molar refractivity (Wildman–Crippen MR) is 74.7 cm³/mol. The van der Waals surface area contributed by atoms with Crippen molar-refractivity contribution in [1.29, 1.82) is 0 Å². The normalized spacial score (nSPS) is 34.7. The summed E-state index contributed by atoms with van der Waals surface area (Å²) in [4.78, 5) is 5.02. The Hall–Kier alpha value is -0.160. The molecule has 0 aromatic heterocycles. The molecule has 0 aliphatic carbocycles. The molecule has 0 saturated carbocycles. The summed E-state index contributed by atoms with van der Waals surface area (Å²) in [7, 11) is 2.20. The Morgan fingerprint density at radius 3 is 2.78 bits per heavy atom. The van der Waals surface area contributed by atoms with Gasteiger partial charge in [0.1, 0.15) is 0 Å². The van der Waals surface area contributed by atoms with Crippen LogP contribution in [-0.2, 0) is 4.74 Å². The second-order valence-electron chi connectivity index (χ2n) is 6.50. The second kappa shape index (κ2) is 5.87. The number of likely N-dealkylation sites (N-methyl/N-ethyl adjacent to an activating group) is 1. The van der Waals surface area contributed by atoms with Crippen LogP contribution in [0.3, 0.4) is 0 Å².